The molecule has 2 aromatic rings. The van der Waals surface area contributed by atoms with E-state index in [0.717, 1.165) is 34.2 Å². The smallest absolute Gasteiger partial charge is 0.0774 e. The molecule has 4 nitrogen and oxygen atoms in total. The lowest BCUT2D eigenvalue weighted by Crippen LogP contribution is -2.14. The van der Waals surface area contributed by atoms with Crippen LogP contribution in [0.5, 0.6) is 0 Å². The maximum absolute atomic E-state index is 5.13. The molecule has 3 aliphatic rings. The summed E-state index contributed by atoms with van der Waals surface area (Å²) in [5, 5.41) is 2.27. The summed E-state index contributed by atoms with van der Waals surface area (Å²) in [4.78, 5) is 17.5. The summed E-state index contributed by atoms with van der Waals surface area (Å²) in [7, 11) is 0. The Bertz CT molecular complexity index is 1460. The minimum absolute atomic E-state index is 0.169. The monoisotopic (exact) mass is 424 g/mol. The van der Waals surface area contributed by atoms with Gasteiger partial charge in [0.25, 0.3) is 0 Å². The zero-order chi connectivity index (χ0) is 22.9. The minimum Gasteiger partial charge on any atom is -0.358 e. The third-order valence-electron chi connectivity index (χ3n) is 7.93. The molecule has 3 aliphatic heterocycles. The molecule has 4 heteroatoms. The fourth-order valence-corrected chi connectivity index (χ4v) is 4.88. The number of aromatic nitrogens is 2. The summed E-state index contributed by atoms with van der Waals surface area (Å²) >= 11 is 0. The van der Waals surface area contributed by atoms with Crippen molar-refractivity contribution in [2.24, 2.45) is 9.98 Å². The minimum atomic E-state index is 0.169. The molecule has 0 spiro atoms. The molecule has 0 aromatic carbocycles. The first-order valence-corrected chi connectivity index (χ1v) is 11.5. The van der Waals surface area contributed by atoms with Gasteiger partial charge in [0.15, 0.2) is 0 Å². The third-order valence-corrected chi connectivity index (χ3v) is 7.93. The van der Waals surface area contributed by atoms with Crippen molar-refractivity contribution in [2.75, 3.05) is 0 Å². The van der Waals surface area contributed by atoms with Gasteiger partial charge in [-0.05, 0) is 118 Å². The maximum atomic E-state index is 5.13. The first-order valence-electron chi connectivity index (χ1n) is 11.5. The molecule has 0 saturated carbocycles. The van der Waals surface area contributed by atoms with Crippen LogP contribution in [0, 0.1) is 27.7 Å². The number of nitrogens with zero attached hydrogens (tertiary/aromatic N) is 2. The fourth-order valence-electron chi connectivity index (χ4n) is 4.88. The predicted octanol–water partition coefficient (Wildman–Crippen LogP) is 4.58. The highest BCUT2D eigenvalue weighted by Gasteiger charge is 2.25. The Kier molecular flexibility index (Phi) is 4.66. The summed E-state index contributed by atoms with van der Waals surface area (Å²) in [6.07, 6.45) is 7.51. The molecule has 0 fully saturated rings. The molecule has 0 radical (unpaired) electrons. The molecule has 0 aliphatic carbocycles. The number of H-pyrrole nitrogens is 2. The number of aliphatic imine (C=N–C) groups is 2. The predicted molar refractivity (Wildman–Crippen MR) is 135 cm³/mol. The highest BCUT2D eigenvalue weighted by molar-refractivity contribution is 6.23. The molecular weight excluding hydrogens is 392 g/mol. The van der Waals surface area contributed by atoms with Crippen molar-refractivity contribution in [3.8, 4) is 0 Å². The van der Waals surface area contributed by atoms with Crippen LogP contribution in [-0.2, 0) is 6.42 Å². The van der Waals surface area contributed by atoms with E-state index in [-0.39, 0.29) is 6.04 Å². The van der Waals surface area contributed by atoms with Crippen molar-refractivity contribution in [1.29, 1.82) is 0 Å². The number of rotatable bonds is 0. The van der Waals surface area contributed by atoms with E-state index in [9.17, 15) is 0 Å². The van der Waals surface area contributed by atoms with Crippen molar-refractivity contribution in [3.05, 3.63) is 78.4 Å². The van der Waals surface area contributed by atoms with Crippen LogP contribution in [0.4, 0.5) is 0 Å². The number of hydrogen-bond donors (Lipinski definition) is 2. The molecule has 8 bridgehead atoms. The number of nitrogens with one attached hydrogen (secondary N) is 2. The van der Waals surface area contributed by atoms with Gasteiger partial charge in [-0.3, -0.25) is 4.99 Å². The first kappa shape index (κ1) is 20.7. The van der Waals surface area contributed by atoms with Crippen LogP contribution in [-0.4, -0.2) is 27.4 Å². The molecule has 2 N–H and O–H groups in total. The van der Waals surface area contributed by atoms with E-state index in [1.807, 2.05) is 0 Å². The number of fused-ring (bicyclic) bond motifs is 6. The second-order valence-corrected chi connectivity index (χ2v) is 9.58. The average molecular weight is 425 g/mol. The van der Waals surface area contributed by atoms with E-state index in [4.69, 9.17) is 9.98 Å². The van der Waals surface area contributed by atoms with Crippen molar-refractivity contribution >= 4 is 23.6 Å². The highest BCUT2D eigenvalue weighted by Crippen LogP contribution is 2.31. The van der Waals surface area contributed by atoms with Gasteiger partial charge < -0.3 is 9.97 Å². The van der Waals surface area contributed by atoms with Gasteiger partial charge in [-0.1, -0.05) is 0 Å². The molecular formula is C28H32N4. The van der Waals surface area contributed by atoms with E-state index in [0.29, 0.717) is 0 Å². The zero-order valence-electron chi connectivity index (χ0n) is 20.4. The Labute approximate surface area is 190 Å². The van der Waals surface area contributed by atoms with Gasteiger partial charge in [-0.15, -0.1) is 0 Å². The zero-order valence-corrected chi connectivity index (χ0v) is 20.4. The SMILES string of the molecule is CC1=C(C)C2=NC1=CC1=NC(Cc3[nH]c(c(C)c3C)C=c3[nH]c(c(C)c3C)=C2)C(C)=C1C. The maximum Gasteiger partial charge on any atom is 0.0774 e. The van der Waals surface area contributed by atoms with Gasteiger partial charge in [-0.2, -0.15) is 0 Å². The quantitative estimate of drug-likeness (QED) is 0.622. The van der Waals surface area contributed by atoms with Crippen LogP contribution < -0.4 is 10.7 Å². The Morgan fingerprint density at radius 3 is 2.09 bits per heavy atom. The van der Waals surface area contributed by atoms with Gasteiger partial charge in [-0.25, -0.2) is 4.99 Å². The van der Waals surface area contributed by atoms with E-state index in [2.05, 4.69) is 83.6 Å². The van der Waals surface area contributed by atoms with Gasteiger partial charge in [0.1, 0.15) is 0 Å². The van der Waals surface area contributed by atoms with Crippen LogP contribution in [0.2, 0.25) is 0 Å². The summed E-state index contributed by atoms with van der Waals surface area (Å²) in [5.41, 5.74) is 15.8. The summed E-state index contributed by atoms with van der Waals surface area (Å²) in [5.74, 6) is 0. The standard InChI is InChI=1S/C28H32N4/c1-13-14(2)22-10-24-17(5)18(6)26(31-24)12-28-20(8)19(7)27(32-28)11-25-16(4)15(3)23(30-25)9-21(13)29-22/h9-11,26,30,32H,12H2,1-8H3. The number of aromatic amines is 2. The van der Waals surface area contributed by atoms with Crippen molar-refractivity contribution in [1.82, 2.24) is 9.97 Å². The Hall–Kier alpha value is -3.14. The summed E-state index contributed by atoms with van der Waals surface area (Å²) in [6, 6.07) is 0.169. The lowest BCUT2D eigenvalue weighted by atomic mass is 9.99. The number of allylic oxidation sites excluding steroid dienone is 4. The van der Waals surface area contributed by atoms with Crippen LogP contribution in [0.3, 0.4) is 0 Å². The Morgan fingerprint density at radius 1 is 0.688 bits per heavy atom. The molecule has 32 heavy (non-hydrogen) atoms. The topological polar surface area (TPSA) is 56.3 Å². The molecule has 1 atom stereocenters. The molecule has 2 aromatic heterocycles. The summed E-state index contributed by atoms with van der Waals surface area (Å²) < 4.78 is 0. The van der Waals surface area contributed by atoms with Gasteiger partial charge >= 0.3 is 0 Å². The lowest BCUT2D eigenvalue weighted by molar-refractivity contribution is 0.760. The van der Waals surface area contributed by atoms with Crippen LogP contribution in [0.15, 0.2) is 44.1 Å². The molecule has 164 valence electrons. The van der Waals surface area contributed by atoms with E-state index < -0.39 is 0 Å². The van der Waals surface area contributed by atoms with Crippen molar-refractivity contribution in [2.45, 2.75) is 67.9 Å². The number of hydrogen-bond acceptors (Lipinski definition) is 2. The van der Waals surface area contributed by atoms with Gasteiger partial charge in [0, 0.05) is 28.5 Å². The van der Waals surface area contributed by atoms with E-state index in [1.165, 1.54) is 55.9 Å². The largest absolute Gasteiger partial charge is 0.358 e. The van der Waals surface area contributed by atoms with E-state index >= 15 is 0 Å². The molecule has 0 saturated heterocycles. The summed E-state index contributed by atoms with van der Waals surface area (Å²) in [6.45, 7) is 17.5. The van der Waals surface area contributed by atoms with E-state index in [1.54, 1.807) is 0 Å². The molecule has 5 heterocycles. The molecule has 1 unspecified atom stereocenters. The Morgan fingerprint density at radius 2 is 1.38 bits per heavy atom. The van der Waals surface area contributed by atoms with Gasteiger partial charge in [0.2, 0.25) is 0 Å². The second kappa shape index (κ2) is 7.19. The lowest BCUT2D eigenvalue weighted by Gasteiger charge is -2.09. The fraction of sp³-hybridized carbons (Fsp3) is 0.357. The first-order chi connectivity index (χ1) is 15.2. The van der Waals surface area contributed by atoms with Crippen LogP contribution in [0.1, 0.15) is 61.3 Å². The molecule has 0 amide bonds. The van der Waals surface area contributed by atoms with Gasteiger partial charge in [0.05, 0.1) is 23.2 Å². The highest BCUT2D eigenvalue weighted by atomic mass is 14.9. The van der Waals surface area contributed by atoms with Crippen LogP contribution in [0.25, 0.3) is 12.2 Å². The third kappa shape index (κ3) is 3.04. The average Bonchev–Trinajstić information content (AvgIpc) is 3.37. The molecule has 5 rings (SSSR count). The van der Waals surface area contributed by atoms with Crippen LogP contribution >= 0.6 is 0 Å². The Balaban J connectivity index is 1.82. The normalized spacial score (nSPS) is 20.2. The van der Waals surface area contributed by atoms with Crippen molar-refractivity contribution < 1.29 is 0 Å². The van der Waals surface area contributed by atoms with Crippen molar-refractivity contribution in [3.63, 3.8) is 0 Å². The second-order valence-electron chi connectivity index (χ2n) is 9.58.